The molecule has 14 heterocycles. The van der Waals surface area contributed by atoms with E-state index >= 15 is 0 Å². The Labute approximate surface area is 703 Å². The van der Waals surface area contributed by atoms with E-state index in [0.717, 1.165) is 155 Å². The molecule has 2 unspecified atom stereocenters. The predicted octanol–water partition coefficient (Wildman–Crippen LogP) is 10.7. The van der Waals surface area contributed by atoms with Crippen molar-refractivity contribution in [1.29, 1.82) is 0 Å². The van der Waals surface area contributed by atoms with Gasteiger partial charge in [-0.1, -0.05) is 72.8 Å². The molecule has 0 aliphatic carbocycles. The van der Waals surface area contributed by atoms with E-state index in [1.807, 2.05) is 234 Å². The maximum atomic E-state index is 11.6. The first-order valence-corrected chi connectivity index (χ1v) is 40.0. The maximum Gasteiger partial charge on any atom is 0.220 e. The number of hydrogen-bond donors (Lipinski definition) is 8. The van der Waals surface area contributed by atoms with Gasteiger partial charge < -0.3 is 42.1 Å². The lowest BCUT2D eigenvalue weighted by atomic mass is 10.0. The number of nitrogens with zero attached hydrogens (tertiary/aromatic N) is 24. The summed E-state index contributed by atoms with van der Waals surface area (Å²) in [6, 6.07) is 36.5. The zero-order chi connectivity index (χ0) is 84.6. The normalized spacial score (nSPS) is 13.7. The van der Waals surface area contributed by atoms with Crippen LogP contribution in [0.4, 0.5) is 23.3 Å². The highest BCUT2D eigenvalue weighted by atomic mass is 16.3. The summed E-state index contributed by atoms with van der Waals surface area (Å²) < 4.78 is 14.1. The fourth-order valence-electron chi connectivity index (χ4n) is 14.0. The van der Waals surface area contributed by atoms with Gasteiger partial charge in [0.05, 0.1) is 66.3 Å². The molecule has 0 bridgehead atoms. The van der Waals surface area contributed by atoms with Crippen LogP contribution in [0.15, 0.2) is 221 Å². The van der Waals surface area contributed by atoms with Crippen molar-refractivity contribution < 1.29 is 19.8 Å². The largest absolute Gasteiger partial charge is 0.396 e. The van der Waals surface area contributed by atoms with Gasteiger partial charge in [-0.25, -0.2) is 39.9 Å². The van der Waals surface area contributed by atoms with Crippen LogP contribution in [0.1, 0.15) is 38.5 Å². The first kappa shape index (κ1) is 82.1. The fourth-order valence-corrected chi connectivity index (χ4v) is 14.0. The Morgan fingerprint density at radius 1 is 0.344 bits per heavy atom. The zero-order valence-corrected chi connectivity index (χ0v) is 68.9. The number of aliphatic hydroxyl groups excluding tert-OH is 2. The van der Waals surface area contributed by atoms with Gasteiger partial charge in [0.15, 0.2) is 23.3 Å². The van der Waals surface area contributed by atoms with Crippen molar-refractivity contribution in [2.75, 3.05) is 60.7 Å². The van der Waals surface area contributed by atoms with Crippen LogP contribution in [0.5, 0.6) is 0 Å². The molecule has 16 aromatic rings. The van der Waals surface area contributed by atoms with Crippen LogP contribution in [0.2, 0.25) is 0 Å². The Morgan fingerprint density at radius 2 is 0.656 bits per heavy atom. The van der Waals surface area contributed by atoms with Gasteiger partial charge in [-0.2, -0.15) is 40.8 Å². The second kappa shape index (κ2) is 38.1. The van der Waals surface area contributed by atoms with Crippen LogP contribution in [-0.4, -0.2) is 192 Å². The lowest BCUT2D eigenvalue weighted by Gasteiger charge is -2.25. The number of rotatable bonds is 24. The number of amides is 2. The number of carbonyl (C=O) groups is 2. The monoisotopic (exact) mass is 1630 g/mol. The second-order valence-corrected chi connectivity index (χ2v) is 29.7. The molecule has 2 aliphatic heterocycles. The lowest BCUT2D eigenvalue weighted by Crippen LogP contribution is -2.42. The number of hydrogen-bond acceptors (Lipinski definition) is 24. The Morgan fingerprint density at radius 3 is 0.975 bits per heavy atom. The molecule has 4 aromatic carbocycles. The molecule has 620 valence electrons. The van der Waals surface area contributed by atoms with Gasteiger partial charge in [0.2, 0.25) is 11.8 Å². The van der Waals surface area contributed by atoms with E-state index in [2.05, 4.69) is 117 Å². The molecule has 122 heavy (non-hydrogen) atoms. The topological polar surface area (TPSA) is 392 Å². The highest BCUT2D eigenvalue weighted by Gasteiger charge is 2.25. The first-order valence-electron chi connectivity index (χ1n) is 40.0. The first-order chi connectivity index (χ1) is 59.4. The van der Waals surface area contributed by atoms with Crippen LogP contribution in [-0.2, 0) is 66.0 Å². The minimum atomic E-state index is 0.0114. The van der Waals surface area contributed by atoms with Crippen molar-refractivity contribution >= 4 is 35.1 Å². The third-order valence-corrected chi connectivity index (χ3v) is 20.3. The minimum Gasteiger partial charge on any atom is -0.396 e. The maximum absolute atomic E-state index is 11.6. The Hall–Kier alpha value is -15.1. The molecule has 2 aliphatic rings. The smallest absolute Gasteiger partial charge is 0.220 e. The van der Waals surface area contributed by atoms with E-state index in [1.165, 1.54) is 0 Å². The Balaban J connectivity index is 0.000000127. The number of aromatic nitrogens is 24. The highest BCUT2D eigenvalue weighted by molar-refractivity contribution is 5.83. The number of unbranched alkanes of at least 4 members (excludes halogenated alkanes) is 1. The Kier molecular flexibility index (Phi) is 25.6. The van der Waals surface area contributed by atoms with Crippen molar-refractivity contribution in [2.24, 2.45) is 56.4 Å². The predicted molar refractivity (Wildman–Crippen MR) is 467 cm³/mol. The van der Waals surface area contributed by atoms with Crippen molar-refractivity contribution in [2.45, 2.75) is 50.6 Å². The summed E-state index contributed by atoms with van der Waals surface area (Å²) in [5, 5.41) is 72.2. The molecular formula is C88H94N30O4. The van der Waals surface area contributed by atoms with Crippen molar-refractivity contribution in [3.05, 3.63) is 221 Å². The number of anilines is 4. The second-order valence-electron chi connectivity index (χ2n) is 29.7. The number of aryl methyl sites for hydroxylation is 8. The van der Waals surface area contributed by atoms with Crippen molar-refractivity contribution in [1.82, 2.24) is 129 Å². The molecule has 0 radical (unpaired) electrons. The number of benzene rings is 4. The summed E-state index contributed by atoms with van der Waals surface area (Å²) in [6.45, 7) is 2.45. The van der Waals surface area contributed by atoms with Gasteiger partial charge in [0.1, 0.15) is 23.3 Å². The molecule has 2 fully saturated rings. The standard InChI is InChI=1S/2C23H24N8O.C22H25N7O.C20H21N7O/c1-30-13-17(9-26-30)15-4-3-5-16(8-15)22-25-12-20(18-10-27-31(2)14-18)23(29-22)28-19-6-7-21(32)24-11-19;1-30-9-8-20(29-30)19-13-25-22(28-23(19)27-18-6-7-21(32)24-12-18)16-5-3-4-15(10-16)17-11-26-31(2)14-17;1-28-14-18(11-25-28)16-6-5-7-17(10-16)21-24-13-20(19-12-26-29(2)15-19)22(27-21)23-8-3-4-9-30;1-26-8-6-18(25-26)17-12-22-19(24-20(17)21-7-9-28)15-5-3-4-14(10-15)16-11-23-27(2)13-16/h3-5,8-10,12-14,19H,6-7,11H2,1-2H3,(H,24,32)(H,25,28,29);3-5,8-11,13-14,18H,6-7,12H2,1-2H3,(H,24,32)(H,25,27,28);5-7,10-15,30H,3-4,8-9H2,1-2H3,(H,23,24,27);3-6,8,10-13,28H,7,9H2,1-2H3,(H,21,22,24). The van der Waals surface area contributed by atoms with Crippen molar-refractivity contribution in [3.8, 4) is 135 Å². The quantitative estimate of drug-likeness (QED) is 0.0261. The summed E-state index contributed by atoms with van der Waals surface area (Å²) >= 11 is 0. The number of nitrogens with one attached hydrogen (secondary N) is 6. The summed E-state index contributed by atoms with van der Waals surface area (Å²) in [6.07, 6.45) is 37.9. The van der Waals surface area contributed by atoms with E-state index in [1.54, 1.807) is 56.0 Å². The van der Waals surface area contributed by atoms with Gasteiger partial charge >= 0.3 is 0 Å². The molecule has 0 saturated carbocycles. The van der Waals surface area contributed by atoms with E-state index in [0.29, 0.717) is 67.4 Å². The van der Waals surface area contributed by atoms with Crippen LogP contribution in [0, 0.1) is 0 Å². The summed E-state index contributed by atoms with van der Waals surface area (Å²) in [5.74, 6) is 5.53. The van der Waals surface area contributed by atoms with Crippen LogP contribution in [0.3, 0.4) is 0 Å². The summed E-state index contributed by atoms with van der Waals surface area (Å²) in [5.41, 5.74) is 18.9. The molecule has 2 amide bonds. The number of piperidine rings is 2. The fraction of sp³-hybridized carbons (Fsp3) is 0.250. The SMILES string of the molecule is Cn1cc(-c2cccc(-c3ncc(-c4ccn(C)n4)c(NC4CCC(=O)NC4)n3)c2)cn1.Cn1cc(-c2cccc(-c3ncc(-c4ccn(C)n4)c(NCCO)n3)c2)cn1.Cn1cc(-c2cccc(-c3ncc(-c4cnn(C)c4)c(NC4CCC(=O)NC4)n3)c2)cn1.Cn1cc(-c2cccc(-c3ncc(-c4cnn(C)c4)c(NCCCCO)n3)c2)cn1. The van der Waals surface area contributed by atoms with Gasteiger partial charge in [0.25, 0.3) is 0 Å². The third-order valence-electron chi connectivity index (χ3n) is 20.3. The van der Waals surface area contributed by atoms with E-state index in [-0.39, 0.29) is 37.1 Å². The highest BCUT2D eigenvalue weighted by Crippen LogP contribution is 2.36. The number of carbonyl (C=O) groups excluding carboxylic acids is 2. The molecule has 12 aromatic heterocycles. The van der Waals surface area contributed by atoms with Gasteiger partial charge in [-0.05, 0) is 84.3 Å². The molecule has 8 N–H and O–H groups in total. The van der Waals surface area contributed by atoms with Gasteiger partial charge in [0, 0.05) is 255 Å². The Bertz CT molecular complexity index is 6060. The summed E-state index contributed by atoms with van der Waals surface area (Å²) in [4.78, 5) is 60.9. The molecule has 0 spiro atoms. The molecule has 2 atom stereocenters. The van der Waals surface area contributed by atoms with Crippen LogP contribution >= 0.6 is 0 Å². The van der Waals surface area contributed by atoms with Gasteiger partial charge in [-0.15, -0.1) is 0 Å². The zero-order valence-electron chi connectivity index (χ0n) is 68.9. The average molecular weight is 1640 g/mol. The minimum absolute atomic E-state index is 0.0114. The van der Waals surface area contributed by atoms with E-state index in [9.17, 15) is 14.7 Å². The molecule has 34 nitrogen and oxygen atoms in total. The van der Waals surface area contributed by atoms with Crippen molar-refractivity contribution in [3.63, 3.8) is 0 Å². The lowest BCUT2D eigenvalue weighted by molar-refractivity contribution is -0.123. The third kappa shape index (κ3) is 20.5. The molecule has 34 heteroatoms. The summed E-state index contributed by atoms with van der Waals surface area (Å²) in [7, 11) is 15.1. The molecule has 18 rings (SSSR count). The van der Waals surface area contributed by atoms with E-state index in [4.69, 9.17) is 25.0 Å². The van der Waals surface area contributed by atoms with Gasteiger partial charge in [-0.3, -0.25) is 47.0 Å². The molecular weight excluding hydrogens is 1540 g/mol. The molecule has 2 saturated heterocycles. The van der Waals surface area contributed by atoms with Crippen LogP contribution < -0.4 is 31.9 Å². The average Bonchev–Trinajstić information content (AvgIpc) is 0.941. The van der Waals surface area contributed by atoms with E-state index < -0.39 is 0 Å². The number of aliphatic hydroxyl groups is 2. The van der Waals surface area contributed by atoms with Crippen LogP contribution in [0.25, 0.3) is 135 Å².